The van der Waals surface area contributed by atoms with E-state index in [1.54, 1.807) is 6.92 Å². The first-order chi connectivity index (χ1) is 21.4. The number of fused-ring (bicyclic) bond motifs is 1. The maximum Gasteiger partial charge on any atom is 0.483 e. The van der Waals surface area contributed by atoms with Crippen LogP contribution in [0.15, 0.2) is 12.7 Å². The number of carbonyl (C=O) groups is 2. The van der Waals surface area contributed by atoms with Crippen LogP contribution in [0.5, 0.6) is 0 Å². The Morgan fingerprint density at radius 1 is 1.07 bits per heavy atom. The maximum atomic E-state index is 14.9. The van der Waals surface area contributed by atoms with E-state index in [2.05, 4.69) is 23.8 Å². The third kappa shape index (κ3) is 8.23. The molecule has 0 bridgehead atoms. The second-order valence-electron chi connectivity index (χ2n) is 10.6. The van der Waals surface area contributed by atoms with Crippen molar-refractivity contribution in [3.05, 3.63) is 12.7 Å². The van der Waals surface area contributed by atoms with Crippen molar-refractivity contribution in [1.29, 1.82) is 0 Å². The first-order valence-electron chi connectivity index (χ1n) is 13.7. The molecule has 2 aliphatic heterocycles. The summed E-state index contributed by atoms with van der Waals surface area (Å²) in [5, 5.41) is 21.1. The minimum atomic E-state index is -5.59. The van der Waals surface area contributed by atoms with E-state index in [0.717, 1.165) is 31.1 Å². The van der Waals surface area contributed by atoms with Gasteiger partial charge in [-0.15, -0.1) is 0 Å². The summed E-state index contributed by atoms with van der Waals surface area (Å²) in [6, 6.07) is 0. The number of aromatic nitrogens is 4. The maximum absolute atomic E-state index is 14.9. The van der Waals surface area contributed by atoms with Gasteiger partial charge in [-0.2, -0.15) is 4.31 Å². The molecule has 46 heavy (non-hydrogen) atoms. The summed E-state index contributed by atoms with van der Waals surface area (Å²) in [5.41, 5.74) is 5.98. The second-order valence-corrected chi connectivity index (χ2v) is 13.6. The molecule has 5 unspecified atom stereocenters. The summed E-state index contributed by atoms with van der Waals surface area (Å²) in [7, 11) is -11.1. The van der Waals surface area contributed by atoms with Gasteiger partial charge >= 0.3 is 27.6 Å². The summed E-state index contributed by atoms with van der Waals surface area (Å²) >= 11 is 0. The number of aliphatic hydroxyl groups is 2. The number of hydrogen-bond donors (Lipinski definition) is 5. The van der Waals surface area contributed by atoms with E-state index in [-0.39, 0.29) is 17.0 Å². The summed E-state index contributed by atoms with van der Waals surface area (Å²) in [5.74, 6) is -2.79. The van der Waals surface area contributed by atoms with Gasteiger partial charge in [0.15, 0.2) is 36.3 Å². The van der Waals surface area contributed by atoms with E-state index in [4.69, 9.17) is 29.2 Å². The lowest BCUT2D eigenvalue weighted by atomic mass is 9.81. The van der Waals surface area contributed by atoms with Crippen molar-refractivity contribution in [2.75, 3.05) is 18.9 Å². The van der Waals surface area contributed by atoms with Gasteiger partial charge in [-0.05, 0) is 11.8 Å². The highest BCUT2D eigenvalue weighted by atomic mass is 31.3. The Labute approximate surface area is 260 Å². The van der Waals surface area contributed by atoms with E-state index < -0.39 is 102 Å². The number of rotatable bonds is 12. The molecule has 2 fully saturated rings. The lowest BCUT2D eigenvalue weighted by Crippen LogP contribution is -2.55. The van der Waals surface area contributed by atoms with Crippen LogP contribution in [0.4, 0.5) is 10.2 Å². The number of phosphoric ester groups is 2. The Hall–Kier alpha value is -2.68. The molecule has 6 N–H and O–H groups in total. The number of imidazole rings is 1. The Bertz CT molecular complexity index is 1520. The molecule has 20 nitrogen and oxygen atoms in total. The summed E-state index contributed by atoms with van der Waals surface area (Å²) in [6.07, 6.45) is -10.8. The summed E-state index contributed by atoms with van der Waals surface area (Å²) < 4.78 is 76.4. The minimum Gasteiger partial charge on any atom is -0.462 e. The molecule has 23 heteroatoms. The van der Waals surface area contributed by atoms with Gasteiger partial charge in [0.2, 0.25) is 0 Å². The van der Waals surface area contributed by atoms with Crippen molar-refractivity contribution in [2.45, 2.75) is 76.9 Å². The van der Waals surface area contributed by atoms with Crippen molar-refractivity contribution in [2.24, 2.45) is 11.8 Å². The summed E-state index contributed by atoms with van der Waals surface area (Å²) in [4.78, 5) is 55.2. The fraction of sp³-hybridized carbons (Fsp3) is 0.696. The predicted octanol–water partition coefficient (Wildman–Crippen LogP) is 0.108. The van der Waals surface area contributed by atoms with Crippen LogP contribution in [0.2, 0.25) is 0 Å². The number of nitrogen functional groups attached to an aromatic ring is 1. The number of hydrogen-bond acceptors (Lipinski definition) is 17. The molecule has 4 rings (SSSR count). The van der Waals surface area contributed by atoms with Crippen LogP contribution < -0.4 is 5.73 Å². The minimum absolute atomic E-state index is 0.0128. The molecule has 2 aromatic rings. The molecule has 258 valence electrons. The number of esters is 2. The van der Waals surface area contributed by atoms with E-state index in [9.17, 15) is 43.1 Å². The smallest absolute Gasteiger partial charge is 0.462 e. The highest BCUT2D eigenvalue weighted by Gasteiger charge is 2.50. The Morgan fingerprint density at radius 3 is 2.41 bits per heavy atom. The van der Waals surface area contributed by atoms with Crippen LogP contribution in [0, 0.1) is 11.8 Å². The average Bonchev–Trinajstić information content (AvgIpc) is 3.50. The Kier molecular flexibility index (Phi) is 11.2. The van der Waals surface area contributed by atoms with Crippen LogP contribution in [0.25, 0.3) is 11.2 Å². The predicted molar refractivity (Wildman–Crippen MR) is 148 cm³/mol. The highest BCUT2D eigenvalue weighted by Crippen LogP contribution is 2.61. The zero-order valence-electron chi connectivity index (χ0n) is 24.8. The third-order valence-electron chi connectivity index (χ3n) is 7.39. The molecule has 4 heterocycles. The second kappa shape index (κ2) is 14.2. The van der Waals surface area contributed by atoms with Crippen LogP contribution in [0.1, 0.15) is 33.9 Å². The van der Waals surface area contributed by atoms with Crippen molar-refractivity contribution >= 4 is 44.6 Å². The largest absolute Gasteiger partial charge is 0.483 e. The number of aliphatic hydroxyl groups excluding tert-OH is 2. The number of alkyl halides is 1. The van der Waals surface area contributed by atoms with Crippen LogP contribution in [-0.4, -0.2) is 108 Å². The topological polar surface area (TPSA) is 283 Å². The lowest BCUT2D eigenvalue weighted by Gasteiger charge is -2.44. The number of nitrogens with two attached hydrogens (primary N) is 1. The molecule has 0 saturated carbocycles. The van der Waals surface area contributed by atoms with Gasteiger partial charge in [0.1, 0.15) is 42.9 Å². The van der Waals surface area contributed by atoms with Crippen LogP contribution in [0.3, 0.4) is 0 Å². The number of anilines is 1. The van der Waals surface area contributed by atoms with Crippen LogP contribution >= 0.6 is 15.6 Å². The first kappa shape index (κ1) is 36.2. The fourth-order valence-corrected chi connectivity index (χ4v) is 7.10. The number of halogens is 1. The van der Waals surface area contributed by atoms with E-state index in [1.165, 1.54) is 6.92 Å². The Balaban J connectivity index is 1.40. The molecule has 0 aromatic carbocycles. The highest BCUT2D eigenvalue weighted by molar-refractivity contribution is 7.61. The van der Waals surface area contributed by atoms with Crippen molar-refractivity contribution in [3.63, 3.8) is 0 Å². The van der Waals surface area contributed by atoms with E-state index >= 15 is 0 Å². The molecule has 2 aliphatic rings. The number of nitrogens with zero attached hydrogens (tertiary/aromatic N) is 4. The molecule has 0 radical (unpaired) electrons. The molecule has 2 aromatic heterocycles. The van der Waals surface area contributed by atoms with Gasteiger partial charge in [-0.3, -0.25) is 23.2 Å². The summed E-state index contributed by atoms with van der Waals surface area (Å²) in [6.45, 7) is 3.82. The zero-order valence-corrected chi connectivity index (χ0v) is 26.5. The molecule has 2 saturated heterocycles. The Morgan fingerprint density at radius 2 is 1.76 bits per heavy atom. The van der Waals surface area contributed by atoms with Gasteiger partial charge in [0.25, 0.3) is 0 Å². The van der Waals surface area contributed by atoms with Gasteiger partial charge in [-0.25, -0.2) is 28.5 Å². The van der Waals surface area contributed by atoms with Gasteiger partial charge < -0.3 is 44.7 Å². The van der Waals surface area contributed by atoms with Gasteiger partial charge in [0, 0.05) is 13.8 Å². The van der Waals surface area contributed by atoms with Gasteiger partial charge in [0.05, 0.1) is 12.9 Å². The lowest BCUT2D eigenvalue weighted by molar-refractivity contribution is -0.266. The third-order valence-corrected chi connectivity index (χ3v) is 9.99. The van der Waals surface area contributed by atoms with Gasteiger partial charge in [-0.1, -0.05) is 13.8 Å². The molecular weight excluding hydrogens is 667 g/mol. The number of phosphoric acid groups is 2. The van der Waals surface area contributed by atoms with Crippen molar-refractivity contribution in [1.82, 2.24) is 19.5 Å². The monoisotopic (exact) mass is 701 g/mol. The molecule has 0 aliphatic carbocycles. The first-order valence-corrected chi connectivity index (χ1v) is 16.6. The zero-order chi connectivity index (χ0) is 34.1. The quantitative estimate of drug-likeness (QED) is 0.145. The van der Waals surface area contributed by atoms with E-state index in [1.807, 2.05) is 0 Å². The van der Waals surface area contributed by atoms with Crippen LogP contribution in [-0.2, 0) is 51.0 Å². The van der Waals surface area contributed by atoms with Crippen molar-refractivity contribution in [3.8, 4) is 0 Å². The molecular formula is C23H34FN5O15P2. The molecule has 0 spiro atoms. The van der Waals surface area contributed by atoms with Crippen molar-refractivity contribution < 1.29 is 75.4 Å². The SMILES string of the molecule is CC(=O)OC[C@@H](OC(C)=O)C1O[C@@H](OP(=O)(O)OP(=O)(O)OC[C@H]2O[C@@H](n3cnc4c(N)ncnc43)[C@@H](O)C2F)C(O)[C@@H](C)[C@@H]1C. The fourth-order valence-electron chi connectivity index (χ4n) is 4.94. The average molecular weight is 701 g/mol. The standard InChI is InChI=1S/C23H34FN5O15P2/c1-9-10(2)19(14(40-12(4)31)5-38-11(3)30)42-23(17(9)32)43-46(36,37)44-45(34,35)39-6-13-15(24)18(33)22(41-13)29-8-28-16-20(25)26-7-27-21(16)29/h7-10,13-15,17-19,22-23,32-33H,5-6H2,1-4H3,(H,34,35)(H,36,37)(H2,25,26,27)/t9-,10-,13+,14+,15?,17?,18-,19?,22+,23-/m0/s1. The normalized spacial score (nSPS) is 33.2. The number of ether oxygens (including phenoxy) is 4. The molecule has 0 amide bonds. The molecule has 12 atom stereocenters. The van der Waals surface area contributed by atoms with E-state index in [0.29, 0.717) is 0 Å². The number of carbonyl (C=O) groups excluding carboxylic acids is 2.